The molecule has 0 atom stereocenters. The summed E-state index contributed by atoms with van der Waals surface area (Å²) in [5, 5.41) is 1.75. The zero-order valence-corrected chi connectivity index (χ0v) is 11.9. The minimum atomic E-state index is -0.558. The highest BCUT2D eigenvalue weighted by molar-refractivity contribution is 6.67. The topological polar surface area (TPSA) is 39.2 Å². The van der Waals surface area contributed by atoms with E-state index >= 15 is 0 Å². The molecular weight excluding hydrogens is 286 g/mol. The standard InChI is InChI=1S/C17H12ClNO2/c18-17(20)16-8-5-12(10-19-16)11-21-15-7-6-13-3-1-2-4-14(13)9-15/h1-10H,11H2. The van der Waals surface area contributed by atoms with Gasteiger partial charge in [0.25, 0.3) is 5.24 Å². The fraction of sp³-hybridized carbons (Fsp3) is 0.0588. The Morgan fingerprint density at radius 1 is 1.05 bits per heavy atom. The van der Waals surface area contributed by atoms with Gasteiger partial charge in [-0.25, -0.2) is 0 Å². The van der Waals surface area contributed by atoms with E-state index in [9.17, 15) is 4.79 Å². The van der Waals surface area contributed by atoms with Gasteiger partial charge in [0.05, 0.1) is 0 Å². The Kier molecular flexibility index (Phi) is 3.84. The van der Waals surface area contributed by atoms with E-state index in [1.54, 1.807) is 18.3 Å². The molecule has 0 radical (unpaired) electrons. The normalized spacial score (nSPS) is 10.5. The third-order valence-corrected chi connectivity index (χ3v) is 3.35. The fourth-order valence-corrected chi connectivity index (χ4v) is 2.16. The van der Waals surface area contributed by atoms with Gasteiger partial charge in [-0.05, 0) is 40.6 Å². The molecule has 1 heterocycles. The summed E-state index contributed by atoms with van der Waals surface area (Å²) in [7, 11) is 0. The second-order valence-electron chi connectivity index (χ2n) is 4.62. The average Bonchev–Trinajstić information content (AvgIpc) is 2.53. The van der Waals surface area contributed by atoms with Gasteiger partial charge < -0.3 is 4.74 Å². The molecule has 3 rings (SSSR count). The molecule has 104 valence electrons. The molecule has 0 saturated heterocycles. The first-order valence-electron chi connectivity index (χ1n) is 6.49. The smallest absolute Gasteiger partial charge is 0.270 e. The second-order valence-corrected chi connectivity index (χ2v) is 4.97. The van der Waals surface area contributed by atoms with Crippen LogP contribution in [0, 0.1) is 0 Å². The van der Waals surface area contributed by atoms with Gasteiger partial charge in [0, 0.05) is 11.8 Å². The lowest BCUT2D eigenvalue weighted by Crippen LogP contribution is -1.99. The van der Waals surface area contributed by atoms with Gasteiger partial charge in [0.2, 0.25) is 0 Å². The summed E-state index contributed by atoms with van der Waals surface area (Å²) in [6, 6.07) is 17.4. The van der Waals surface area contributed by atoms with Crippen LogP contribution in [-0.2, 0) is 6.61 Å². The molecule has 0 unspecified atom stereocenters. The molecule has 0 aliphatic heterocycles. The number of benzene rings is 2. The van der Waals surface area contributed by atoms with Gasteiger partial charge in [-0.1, -0.05) is 36.4 Å². The molecule has 0 aliphatic rings. The van der Waals surface area contributed by atoms with Gasteiger partial charge in [0.15, 0.2) is 0 Å². The summed E-state index contributed by atoms with van der Waals surface area (Å²) in [6.07, 6.45) is 1.59. The quantitative estimate of drug-likeness (QED) is 0.678. The van der Waals surface area contributed by atoms with Crippen molar-refractivity contribution in [1.82, 2.24) is 4.98 Å². The van der Waals surface area contributed by atoms with Crippen LogP contribution in [0.25, 0.3) is 10.8 Å². The van der Waals surface area contributed by atoms with Crippen LogP contribution in [-0.4, -0.2) is 10.2 Å². The molecule has 0 spiro atoms. The zero-order valence-electron chi connectivity index (χ0n) is 11.1. The lowest BCUT2D eigenvalue weighted by molar-refractivity contribution is 0.107. The molecule has 0 bridgehead atoms. The maximum atomic E-state index is 10.9. The summed E-state index contributed by atoms with van der Waals surface area (Å²) in [5.74, 6) is 0.797. The van der Waals surface area contributed by atoms with Crippen molar-refractivity contribution in [2.75, 3.05) is 0 Å². The van der Waals surface area contributed by atoms with Gasteiger partial charge in [-0.2, -0.15) is 0 Å². The molecule has 0 aliphatic carbocycles. The number of nitrogens with zero attached hydrogens (tertiary/aromatic N) is 1. The summed E-state index contributed by atoms with van der Waals surface area (Å²) in [6.45, 7) is 0.391. The number of rotatable bonds is 4. The maximum Gasteiger partial charge on any atom is 0.270 e. The molecule has 21 heavy (non-hydrogen) atoms. The molecule has 3 aromatic rings. The number of carbonyl (C=O) groups is 1. The van der Waals surface area contributed by atoms with Crippen molar-refractivity contribution >= 4 is 27.6 Å². The fourth-order valence-electron chi connectivity index (χ4n) is 2.05. The Bertz CT molecular complexity index is 784. The minimum absolute atomic E-state index is 0.242. The van der Waals surface area contributed by atoms with Crippen molar-refractivity contribution in [2.45, 2.75) is 6.61 Å². The number of fused-ring (bicyclic) bond motifs is 1. The van der Waals surface area contributed by atoms with Crippen molar-refractivity contribution in [3.05, 3.63) is 72.1 Å². The van der Waals surface area contributed by atoms with Gasteiger partial charge in [-0.15, -0.1) is 0 Å². The van der Waals surface area contributed by atoms with Crippen LogP contribution in [0.3, 0.4) is 0 Å². The van der Waals surface area contributed by atoms with E-state index < -0.39 is 5.24 Å². The molecular formula is C17H12ClNO2. The van der Waals surface area contributed by atoms with E-state index in [1.165, 1.54) is 5.39 Å². The molecule has 0 amide bonds. The highest BCUT2D eigenvalue weighted by Crippen LogP contribution is 2.21. The Hall–Kier alpha value is -2.39. The molecule has 1 aromatic heterocycles. The summed E-state index contributed by atoms with van der Waals surface area (Å²) >= 11 is 5.35. The van der Waals surface area contributed by atoms with Crippen molar-refractivity contribution in [3.8, 4) is 5.75 Å². The highest BCUT2D eigenvalue weighted by Gasteiger charge is 2.03. The first-order valence-corrected chi connectivity index (χ1v) is 6.86. The first kappa shape index (κ1) is 13.6. The molecule has 4 heteroatoms. The van der Waals surface area contributed by atoms with E-state index in [0.29, 0.717) is 6.61 Å². The van der Waals surface area contributed by atoms with E-state index in [1.807, 2.05) is 36.4 Å². The highest BCUT2D eigenvalue weighted by atomic mass is 35.5. The Morgan fingerprint density at radius 3 is 2.57 bits per heavy atom. The lowest BCUT2D eigenvalue weighted by atomic mass is 10.1. The summed E-state index contributed by atoms with van der Waals surface area (Å²) < 4.78 is 5.74. The average molecular weight is 298 g/mol. The van der Waals surface area contributed by atoms with Gasteiger partial charge in [0.1, 0.15) is 18.1 Å². The van der Waals surface area contributed by atoms with Crippen LogP contribution in [0.4, 0.5) is 0 Å². The first-order chi connectivity index (χ1) is 10.2. The SMILES string of the molecule is O=C(Cl)c1ccc(COc2ccc3ccccc3c2)cn1. The van der Waals surface area contributed by atoms with Crippen molar-refractivity contribution in [1.29, 1.82) is 0 Å². The van der Waals surface area contributed by atoms with E-state index in [-0.39, 0.29) is 5.69 Å². The number of halogens is 1. The molecule has 2 aromatic carbocycles. The molecule has 0 fully saturated rings. The predicted molar refractivity (Wildman–Crippen MR) is 82.7 cm³/mol. The van der Waals surface area contributed by atoms with E-state index in [2.05, 4.69) is 11.1 Å². The summed E-state index contributed by atoms with van der Waals surface area (Å²) in [5.41, 5.74) is 1.12. The Morgan fingerprint density at radius 2 is 1.86 bits per heavy atom. The lowest BCUT2D eigenvalue weighted by Gasteiger charge is -2.07. The van der Waals surface area contributed by atoms with Crippen molar-refractivity contribution < 1.29 is 9.53 Å². The van der Waals surface area contributed by atoms with Gasteiger partial charge >= 0.3 is 0 Å². The maximum absolute atomic E-state index is 10.9. The largest absolute Gasteiger partial charge is 0.489 e. The zero-order chi connectivity index (χ0) is 14.7. The second kappa shape index (κ2) is 5.94. The minimum Gasteiger partial charge on any atom is -0.489 e. The third kappa shape index (κ3) is 3.20. The molecule has 0 saturated carbocycles. The van der Waals surface area contributed by atoms with Crippen LogP contribution >= 0.6 is 11.6 Å². The number of aromatic nitrogens is 1. The van der Waals surface area contributed by atoms with Crippen LogP contribution in [0.2, 0.25) is 0 Å². The van der Waals surface area contributed by atoms with E-state index in [4.69, 9.17) is 16.3 Å². The number of carbonyl (C=O) groups excluding carboxylic acids is 1. The van der Waals surface area contributed by atoms with Crippen molar-refractivity contribution in [3.63, 3.8) is 0 Å². The van der Waals surface area contributed by atoms with Gasteiger partial charge in [-0.3, -0.25) is 9.78 Å². The van der Waals surface area contributed by atoms with Crippen molar-refractivity contribution in [2.24, 2.45) is 0 Å². The third-order valence-electron chi connectivity index (χ3n) is 3.15. The number of ether oxygens (including phenoxy) is 1. The van der Waals surface area contributed by atoms with E-state index in [0.717, 1.165) is 16.7 Å². The monoisotopic (exact) mass is 297 g/mol. The van der Waals surface area contributed by atoms with Crippen LogP contribution in [0.5, 0.6) is 5.75 Å². The Balaban J connectivity index is 1.72. The van der Waals surface area contributed by atoms with Crippen LogP contribution < -0.4 is 4.74 Å². The number of hydrogen-bond acceptors (Lipinski definition) is 3. The van der Waals surface area contributed by atoms with Crippen LogP contribution in [0.1, 0.15) is 16.1 Å². The number of hydrogen-bond donors (Lipinski definition) is 0. The van der Waals surface area contributed by atoms with Crippen LogP contribution in [0.15, 0.2) is 60.8 Å². The summed E-state index contributed by atoms with van der Waals surface area (Å²) in [4.78, 5) is 14.9. The predicted octanol–water partition coefficient (Wildman–Crippen LogP) is 4.19. The number of pyridine rings is 1. The Labute approximate surface area is 127 Å². The molecule has 0 N–H and O–H groups in total. The molecule has 3 nitrogen and oxygen atoms in total.